The molecule has 1 aromatic heterocycles. The minimum Gasteiger partial charge on any atom is -0.360 e. The highest BCUT2D eigenvalue weighted by molar-refractivity contribution is 5.92. The molecule has 0 aromatic carbocycles. The van der Waals surface area contributed by atoms with Crippen LogP contribution in [0.3, 0.4) is 0 Å². The number of amides is 2. The predicted octanol–water partition coefficient (Wildman–Crippen LogP) is 0.0339. The number of carbonyl (C=O) groups is 2. The van der Waals surface area contributed by atoms with Crippen LogP contribution in [-0.2, 0) is 4.79 Å². The van der Waals surface area contributed by atoms with Crippen molar-refractivity contribution in [1.82, 2.24) is 25.6 Å². The summed E-state index contributed by atoms with van der Waals surface area (Å²) in [6, 6.07) is 1.79. The van der Waals surface area contributed by atoms with E-state index in [4.69, 9.17) is 4.52 Å². The van der Waals surface area contributed by atoms with Crippen molar-refractivity contribution in [2.45, 2.75) is 31.7 Å². The molecule has 26 heavy (non-hydrogen) atoms. The fourth-order valence-electron chi connectivity index (χ4n) is 3.79. The lowest BCUT2D eigenvalue weighted by molar-refractivity contribution is -0.132. The lowest BCUT2D eigenvalue weighted by Gasteiger charge is -2.29. The number of likely N-dealkylation sites (tertiary alicyclic amines) is 1. The Labute approximate surface area is 153 Å². The van der Waals surface area contributed by atoms with Crippen molar-refractivity contribution < 1.29 is 14.1 Å². The molecule has 8 heteroatoms. The van der Waals surface area contributed by atoms with Gasteiger partial charge in [-0.15, -0.1) is 0 Å². The molecule has 0 spiro atoms. The zero-order chi connectivity index (χ0) is 18.1. The Balaban J connectivity index is 1.28. The van der Waals surface area contributed by atoms with Crippen LogP contribution in [-0.4, -0.2) is 78.6 Å². The highest BCUT2D eigenvalue weighted by atomic mass is 16.5. The summed E-state index contributed by atoms with van der Waals surface area (Å²) in [4.78, 5) is 28.9. The Morgan fingerprint density at radius 1 is 1.31 bits per heavy atom. The number of carbonyl (C=O) groups excluding carboxylic acids is 2. The Morgan fingerprint density at radius 3 is 2.81 bits per heavy atom. The molecule has 0 unspecified atom stereocenters. The fraction of sp³-hybridized carbons (Fsp3) is 0.722. The quantitative estimate of drug-likeness (QED) is 0.769. The molecule has 1 aliphatic carbocycles. The first-order valence-corrected chi connectivity index (χ1v) is 9.58. The van der Waals surface area contributed by atoms with E-state index in [2.05, 4.69) is 27.6 Å². The fourth-order valence-corrected chi connectivity index (χ4v) is 3.79. The molecule has 0 bridgehead atoms. The second-order valence-electron chi connectivity index (χ2n) is 7.77. The monoisotopic (exact) mass is 361 g/mol. The standard InChI is InChI=1S/C18H27N5O3/c1-12-9-22(11-17(24)23-6-4-19-5-7-23)10-15(12)20-18(25)14-8-16(26-21-14)13-2-3-13/h8,12-13,15,19H,2-7,9-11H2,1H3,(H,20,25)/t12-,15+/m1/s1. The van der Waals surface area contributed by atoms with Gasteiger partial charge in [0, 0.05) is 57.3 Å². The van der Waals surface area contributed by atoms with E-state index in [-0.39, 0.29) is 17.9 Å². The zero-order valence-corrected chi connectivity index (χ0v) is 15.2. The molecular formula is C18H27N5O3. The van der Waals surface area contributed by atoms with Crippen molar-refractivity contribution in [3.05, 3.63) is 17.5 Å². The molecule has 1 saturated carbocycles. The van der Waals surface area contributed by atoms with Crippen LogP contribution in [0.1, 0.15) is 41.9 Å². The lowest BCUT2D eigenvalue weighted by Crippen LogP contribution is -2.49. The van der Waals surface area contributed by atoms with E-state index < -0.39 is 0 Å². The van der Waals surface area contributed by atoms with Crippen molar-refractivity contribution in [2.24, 2.45) is 5.92 Å². The van der Waals surface area contributed by atoms with E-state index in [1.807, 2.05) is 4.90 Å². The molecule has 3 heterocycles. The van der Waals surface area contributed by atoms with Gasteiger partial charge in [-0.1, -0.05) is 12.1 Å². The second-order valence-corrected chi connectivity index (χ2v) is 7.77. The Kier molecular flexibility index (Phi) is 4.95. The number of piperazine rings is 1. The average Bonchev–Trinajstić information content (AvgIpc) is 3.27. The van der Waals surface area contributed by atoms with Gasteiger partial charge in [-0.2, -0.15) is 0 Å². The first kappa shape index (κ1) is 17.5. The topological polar surface area (TPSA) is 90.7 Å². The number of hydrogen-bond donors (Lipinski definition) is 2. The largest absolute Gasteiger partial charge is 0.360 e. The molecule has 2 aliphatic heterocycles. The van der Waals surface area contributed by atoms with E-state index in [0.717, 1.165) is 51.3 Å². The normalized spacial score (nSPS) is 26.9. The van der Waals surface area contributed by atoms with Crippen molar-refractivity contribution >= 4 is 11.8 Å². The highest BCUT2D eigenvalue weighted by Gasteiger charge is 2.34. The van der Waals surface area contributed by atoms with Crippen LogP contribution < -0.4 is 10.6 Å². The molecule has 2 atom stereocenters. The van der Waals surface area contributed by atoms with Gasteiger partial charge in [0.05, 0.1) is 6.54 Å². The second kappa shape index (κ2) is 7.36. The van der Waals surface area contributed by atoms with E-state index in [0.29, 0.717) is 30.6 Å². The van der Waals surface area contributed by atoms with Gasteiger partial charge in [-0.3, -0.25) is 14.5 Å². The molecule has 2 saturated heterocycles. The van der Waals surface area contributed by atoms with E-state index in [9.17, 15) is 9.59 Å². The smallest absolute Gasteiger partial charge is 0.273 e. The van der Waals surface area contributed by atoms with Crippen LogP contribution in [0.25, 0.3) is 0 Å². The SMILES string of the molecule is C[C@@H]1CN(CC(=O)N2CCNCC2)C[C@@H]1NC(=O)c1cc(C2CC2)on1. The van der Waals surface area contributed by atoms with E-state index in [1.165, 1.54) is 0 Å². The van der Waals surface area contributed by atoms with Crippen LogP contribution in [0.4, 0.5) is 0 Å². The number of aromatic nitrogens is 1. The lowest BCUT2D eigenvalue weighted by atomic mass is 10.1. The molecule has 3 aliphatic rings. The maximum atomic E-state index is 12.4. The summed E-state index contributed by atoms with van der Waals surface area (Å²) in [6.45, 7) is 7.32. The molecule has 3 fully saturated rings. The average molecular weight is 361 g/mol. The Hall–Kier alpha value is -1.93. The molecule has 4 rings (SSSR count). The summed E-state index contributed by atoms with van der Waals surface area (Å²) in [5.41, 5.74) is 0.356. The molecule has 2 N–H and O–H groups in total. The summed E-state index contributed by atoms with van der Waals surface area (Å²) < 4.78 is 5.27. The maximum Gasteiger partial charge on any atom is 0.273 e. The third kappa shape index (κ3) is 3.91. The number of nitrogens with zero attached hydrogens (tertiary/aromatic N) is 3. The van der Waals surface area contributed by atoms with Gasteiger partial charge in [0.25, 0.3) is 5.91 Å². The zero-order valence-electron chi connectivity index (χ0n) is 15.2. The minimum absolute atomic E-state index is 0.0272. The summed E-state index contributed by atoms with van der Waals surface area (Å²) in [6.07, 6.45) is 2.23. The first-order valence-electron chi connectivity index (χ1n) is 9.58. The third-order valence-electron chi connectivity index (χ3n) is 5.57. The van der Waals surface area contributed by atoms with Gasteiger partial charge in [0.1, 0.15) is 5.76 Å². The van der Waals surface area contributed by atoms with E-state index in [1.54, 1.807) is 6.07 Å². The predicted molar refractivity (Wildman–Crippen MR) is 94.8 cm³/mol. The molecular weight excluding hydrogens is 334 g/mol. The van der Waals surface area contributed by atoms with Gasteiger partial charge >= 0.3 is 0 Å². The number of nitrogens with one attached hydrogen (secondary N) is 2. The Morgan fingerprint density at radius 2 is 2.08 bits per heavy atom. The van der Waals surface area contributed by atoms with E-state index >= 15 is 0 Å². The van der Waals surface area contributed by atoms with Crippen molar-refractivity contribution in [2.75, 3.05) is 45.8 Å². The van der Waals surface area contributed by atoms with Crippen LogP contribution in [0.5, 0.6) is 0 Å². The third-order valence-corrected chi connectivity index (χ3v) is 5.57. The summed E-state index contributed by atoms with van der Waals surface area (Å²) >= 11 is 0. The summed E-state index contributed by atoms with van der Waals surface area (Å²) in [7, 11) is 0. The molecule has 1 aromatic rings. The van der Waals surface area contributed by atoms with Crippen molar-refractivity contribution in [3.63, 3.8) is 0 Å². The van der Waals surface area contributed by atoms with Gasteiger partial charge in [0.2, 0.25) is 5.91 Å². The molecule has 0 radical (unpaired) electrons. The van der Waals surface area contributed by atoms with Gasteiger partial charge in [0.15, 0.2) is 5.69 Å². The Bertz CT molecular complexity index is 666. The minimum atomic E-state index is -0.187. The van der Waals surface area contributed by atoms with Gasteiger partial charge < -0.3 is 20.1 Å². The molecule has 2 amide bonds. The molecule has 142 valence electrons. The van der Waals surface area contributed by atoms with Crippen molar-refractivity contribution in [1.29, 1.82) is 0 Å². The van der Waals surface area contributed by atoms with Crippen LogP contribution >= 0.6 is 0 Å². The summed E-state index contributed by atoms with van der Waals surface area (Å²) in [5, 5.41) is 10.2. The first-order chi connectivity index (χ1) is 12.6. The van der Waals surface area contributed by atoms with Crippen LogP contribution in [0.15, 0.2) is 10.6 Å². The van der Waals surface area contributed by atoms with Crippen LogP contribution in [0.2, 0.25) is 0 Å². The van der Waals surface area contributed by atoms with Crippen molar-refractivity contribution in [3.8, 4) is 0 Å². The number of rotatable bonds is 5. The van der Waals surface area contributed by atoms with Crippen LogP contribution in [0, 0.1) is 5.92 Å². The highest BCUT2D eigenvalue weighted by Crippen LogP contribution is 2.40. The van der Waals surface area contributed by atoms with Gasteiger partial charge in [-0.05, 0) is 18.8 Å². The molecule has 8 nitrogen and oxygen atoms in total. The van der Waals surface area contributed by atoms with Gasteiger partial charge in [-0.25, -0.2) is 0 Å². The summed E-state index contributed by atoms with van der Waals surface area (Å²) in [5.74, 6) is 1.55. The number of hydrogen-bond acceptors (Lipinski definition) is 6. The maximum absolute atomic E-state index is 12.4.